The first-order chi connectivity index (χ1) is 25.4. The number of nitrogens with zero attached hydrogens (tertiary/aromatic N) is 4. The topological polar surface area (TPSA) is 52.0 Å². The van der Waals surface area contributed by atoms with Crippen molar-refractivity contribution in [3.05, 3.63) is 157 Å². The maximum atomic E-state index is 8.53. The van der Waals surface area contributed by atoms with E-state index in [0.717, 1.165) is 33.1 Å². The van der Waals surface area contributed by atoms with Crippen molar-refractivity contribution in [1.29, 1.82) is 0 Å². The van der Waals surface area contributed by atoms with Crippen LogP contribution in [0.1, 0.15) is 44.3 Å². The van der Waals surface area contributed by atoms with Crippen LogP contribution in [0.5, 0.6) is 11.5 Å². The van der Waals surface area contributed by atoms with Crippen LogP contribution in [0.3, 0.4) is 0 Å². The van der Waals surface area contributed by atoms with Crippen LogP contribution in [0.15, 0.2) is 121 Å². The monoisotopic (exact) mass is 827 g/mol. The summed E-state index contributed by atoms with van der Waals surface area (Å²) in [4.78, 5) is 8.57. The molecule has 2 aromatic heterocycles. The molecule has 0 radical (unpaired) electrons. The number of pyridine rings is 1. The van der Waals surface area contributed by atoms with Crippen molar-refractivity contribution in [2.45, 2.75) is 33.1 Å². The molecule has 0 saturated heterocycles. The normalized spacial score (nSPS) is 16.3. The average molecular weight is 828 g/mol. The van der Waals surface area contributed by atoms with Gasteiger partial charge in [-0.05, 0) is 52.2 Å². The Hall–Kier alpha value is -5.26. The number of rotatable bonds is 5. The van der Waals surface area contributed by atoms with Crippen molar-refractivity contribution < 1.29 is 42.1 Å². The molecule has 4 aromatic carbocycles. The molecule has 6 aromatic rings. The second-order valence-electron chi connectivity index (χ2n) is 12.8. The number of aromatic nitrogens is 2. The fourth-order valence-electron chi connectivity index (χ4n) is 6.23. The Morgan fingerprint density at radius 3 is 2.57 bits per heavy atom. The maximum Gasteiger partial charge on any atom is 0.229 e. The maximum absolute atomic E-state index is 8.53. The largest absolute Gasteiger partial charge is 0.503 e. The van der Waals surface area contributed by atoms with Gasteiger partial charge in [0.25, 0.3) is 0 Å². The molecule has 8 heteroatoms. The van der Waals surface area contributed by atoms with E-state index < -0.39 is 6.04 Å². The van der Waals surface area contributed by atoms with Crippen molar-refractivity contribution in [2.75, 3.05) is 0 Å². The van der Waals surface area contributed by atoms with Crippen LogP contribution in [-0.4, -0.2) is 19.4 Å². The summed E-state index contributed by atoms with van der Waals surface area (Å²) in [5.41, 5.74) is 5.59. The van der Waals surface area contributed by atoms with Crippen LogP contribution in [0.4, 0.5) is 0 Å². The summed E-state index contributed by atoms with van der Waals surface area (Å²) in [6.07, 6.45) is 6.65. The molecule has 0 fully saturated rings. The molecular weight excluding hydrogens is 792 g/mol. The van der Waals surface area contributed by atoms with E-state index in [1.165, 1.54) is 5.56 Å². The molecule has 3 aliphatic rings. The molecule has 0 atom stereocenters. The first kappa shape index (κ1) is 25.7. The molecule has 0 saturated carbocycles. The molecule has 49 heavy (non-hydrogen) atoms. The van der Waals surface area contributed by atoms with Crippen molar-refractivity contribution in [3.8, 4) is 28.4 Å². The van der Waals surface area contributed by atoms with Crippen LogP contribution >= 0.6 is 0 Å². The van der Waals surface area contributed by atoms with Gasteiger partial charge in [0.1, 0.15) is 12.1 Å². The van der Waals surface area contributed by atoms with Crippen LogP contribution in [0.25, 0.3) is 44.4 Å². The molecule has 0 aliphatic carbocycles. The Kier molecular flexibility index (Phi) is 6.15. The summed E-state index contributed by atoms with van der Waals surface area (Å²) < 4.78 is 61.3. The molecule has 0 spiro atoms. The van der Waals surface area contributed by atoms with Crippen molar-refractivity contribution in [3.63, 3.8) is 0 Å². The third kappa shape index (κ3) is 5.20. The van der Waals surface area contributed by atoms with Gasteiger partial charge in [0.2, 0.25) is 11.8 Å². The summed E-state index contributed by atoms with van der Waals surface area (Å²) in [5.74, 6) is 2.74. The third-order valence-corrected chi connectivity index (χ3v) is 8.69. The standard InChI is InChI=1S/C41H31N4O3.Pt/c1-26-19-38(42-23-34(26)27-9-6-5-7-10-27)45-35-16-13-29(41(2,3)4)21-33(35)32-15-14-31(22-36(32)45)48-30-12-8-11-28(20-30)37-24-47-40-39-43(17-18-46-39)25-44(37)40;/h5-19,21,23-25H,1-4H3;/q-3;/i5D,6D,7D,9D,10D;. The first-order valence-corrected chi connectivity index (χ1v) is 15.5. The van der Waals surface area contributed by atoms with Crippen LogP contribution in [0, 0.1) is 25.7 Å². The summed E-state index contributed by atoms with van der Waals surface area (Å²) in [5, 5.41) is 1.98. The van der Waals surface area contributed by atoms with Gasteiger partial charge in [0.05, 0.1) is 13.1 Å². The minimum absolute atomic E-state index is 0. The van der Waals surface area contributed by atoms with E-state index in [-0.39, 0.29) is 56.2 Å². The Morgan fingerprint density at radius 1 is 0.918 bits per heavy atom. The van der Waals surface area contributed by atoms with E-state index in [9.17, 15) is 0 Å². The molecule has 7 nitrogen and oxygen atoms in total. The average Bonchev–Trinajstić information content (AvgIpc) is 3.91. The molecule has 0 amide bonds. The number of fused-ring (bicyclic) bond motifs is 5. The van der Waals surface area contributed by atoms with Crippen LogP contribution < -0.4 is 4.74 Å². The molecule has 9 rings (SSSR count). The fourth-order valence-corrected chi connectivity index (χ4v) is 6.23. The van der Waals surface area contributed by atoms with Gasteiger partial charge in [-0.2, -0.15) is 6.07 Å². The van der Waals surface area contributed by atoms with E-state index in [1.54, 1.807) is 18.7 Å². The van der Waals surface area contributed by atoms with Gasteiger partial charge in [-0.1, -0.05) is 74.7 Å². The quantitative estimate of drug-likeness (QED) is 0.162. The summed E-state index contributed by atoms with van der Waals surface area (Å²) >= 11 is 0. The fraction of sp³-hybridized carbons (Fsp3) is 0.122. The Balaban J connectivity index is 0.00000413. The number of ether oxygens (including phenoxy) is 3. The summed E-state index contributed by atoms with van der Waals surface area (Å²) in [6, 6.07) is 23.0. The SMILES string of the molecule is [2H]c1c([2H])c([2H])c(-c2cnc(-n3c4[c-]c(Oc5[c-]c(C6=COC7=C8OC=CN8[CH-]N67)ccc5)ccc4c4cc(C(C)(C)C)ccc43)cc2C)c([2H])c1[2H].[Pt]. The van der Waals surface area contributed by atoms with E-state index in [1.807, 2.05) is 70.6 Å². The van der Waals surface area contributed by atoms with Gasteiger partial charge in [-0.15, -0.1) is 48.0 Å². The van der Waals surface area contributed by atoms with Gasteiger partial charge in [0.15, 0.2) is 0 Å². The van der Waals surface area contributed by atoms with Crippen molar-refractivity contribution in [2.24, 2.45) is 0 Å². The van der Waals surface area contributed by atoms with Crippen molar-refractivity contribution in [1.82, 2.24) is 19.4 Å². The number of benzene rings is 4. The van der Waals surface area contributed by atoms with Gasteiger partial charge in [-0.25, -0.2) is 4.98 Å². The third-order valence-electron chi connectivity index (χ3n) is 8.69. The van der Waals surface area contributed by atoms with Gasteiger partial charge >= 0.3 is 0 Å². The molecule has 246 valence electrons. The van der Waals surface area contributed by atoms with E-state index in [4.69, 9.17) is 26.0 Å². The van der Waals surface area contributed by atoms with Crippen molar-refractivity contribution >= 4 is 27.5 Å². The molecule has 0 N–H and O–H groups in total. The summed E-state index contributed by atoms with van der Waals surface area (Å²) in [6.45, 7) is 10.3. The predicted octanol–water partition coefficient (Wildman–Crippen LogP) is 9.54. The zero-order valence-corrected chi connectivity index (χ0v) is 29.2. The predicted molar refractivity (Wildman–Crippen MR) is 186 cm³/mol. The van der Waals surface area contributed by atoms with Gasteiger partial charge < -0.3 is 28.6 Å². The molecule has 0 bridgehead atoms. The van der Waals surface area contributed by atoms with E-state index in [2.05, 4.69) is 51.1 Å². The number of hydrogen-bond acceptors (Lipinski definition) is 6. The molecule has 0 unspecified atom stereocenters. The second kappa shape index (κ2) is 11.7. The van der Waals surface area contributed by atoms with E-state index in [0.29, 0.717) is 40.2 Å². The first-order valence-electron chi connectivity index (χ1n) is 18.0. The zero-order chi connectivity index (χ0) is 36.9. The minimum Gasteiger partial charge on any atom is -0.503 e. The van der Waals surface area contributed by atoms with Crippen LogP contribution in [-0.2, 0) is 36.0 Å². The molecular formula is C41H31N4O3Pt-3. The Morgan fingerprint density at radius 2 is 1.76 bits per heavy atom. The van der Waals surface area contributed by atoms with E-state index >= 15 is 0 Å². The second-order valence-corrected chi connectivity index (χ2v) is 12.8. The van der Waals surface area contributed by atoms with Crippen LogP contribution in [0.2, 0.25) is 0 Å². The number of aryl methyl sites for hydroxylation is 1. The summed E-state index contributed by atoms with van der Waals surface area (Å²) in [7, 11) is 0. The number of hydrogen-bond donors (Lipinski definition) is 0. The van der Waals surface area contributed by atoms with Gasteiger partial charge in [0, 0.05) is 56.0 Å². The Labute approximate surface area is 306 Å². The smallest absolute Gasteiger partial charge is 0.229 e. The molecule has 3 aliphatic heterocycles. The minimum atomic E-state index is -0.432. The van der Waals surface area contributed by atoms with Gasteiger partial charge in [-0.3, -0.25) is 0 Å². The Bertz CT molecular complexity index is 2640. The molecule has 5 heterocycles. The zero-order valence-electron chi connectivity index (χ0n) is 31.9.